The van der Waals surface area contributed by atoms with E-state index in [0.29, 0.717) is 17.5 Å². The third-order valence-corrected chi connectivity index (χ3v) is 27.8. The highest BCUT2D eigenvalue weighted by Gasteiger charge is 2.29. The molecule has 28 rings (SSSR count). The van der Waals surface area contributed by atoms with Gasteiger partial charge in [0.15, 0.2) is 34.2 Å². The quantitative estimate of drug-likeness (QED) is 0.129. The Labute approximate surface area is 728 Å². The number of para-hydroxylation sites is 4. The van der Waals surface area contributed by atoms with Gasteiger partial charge in [-0.25, -0.2) is 24.9 Å². The molecule has 14 aromatic heterocycles. The van der Waals surface area contributed by atoms with Crippen molar-refractivity contribution in [1.82, 2.24) is 48.0 Å². The third kappa shape index (κ3) is 11.4. The smallest absolute Gasteiger partial charge is 0.214 e. The molecule has 0 atom stereocenters. The molecule has 590 valence electrons. The summed E-state index contributed by atoms with van der Waals surface area (Å²) in [5.41, 5.74) is 25.4. The standard InChI is InChI=1S/C41H23N3OS.C37H22N4OS.C32H19N3OS/c1-2-10-26(11-3-1)43-34-20-18-24(22-31(34)37-39-38(45-41(37)43)30-15-7-9-17-36(30)46-39)25-19-21-35-32(23-25)42-40-29-14-5-4-12-27(29)28-13-6-8-16-33(28)44(35)40;1-4-12-23(13-5-1)34-38-35(24-14-6-2-7-15-24)40-36(39-34)25-20-21-29-28(22-25)31-33-32(27-18-10-11-19-30(27)43-33)42-37(31)41(29)26-16-8-3-9-17-26;1-2-7-22(8-3-1)35-27-14-13-21(26-11-6-10-25(34-26)20-15-17-33-18-16-20)19-24(27)29-31-30(36-32(29)35)23-9-4-5-12-28(23)37-31/h1-23H;1-22H;1-19H. The van der Waals surface area contributed by atoms with E-state index in [0.717, 1.165) is 177 Å². The van der Waals surface area contributed by atoms with Gasteiger partial charge in [-0.1, -0.05) is 218 Å². The van der Waals surface area contributed by atoms with Crippen LogP contribution in [0.4, 0.5) is 0 Å². The maximum Gasteiger partial charge on any atom is 0.214 e. The Morgan fingerprint density at radius 2 is 0.595 bits per heavy atom. The molecule has 0 aliphatic heterocycles. The van der Waals surface area contributed by atoms with Gasteiger partial charge >= 0.3 is 0 Å². The summed E-state index contributed by atoms with van der Waals surface area (Å²) in [7, 11) is 0. The van der Waals surface area contributed by atoms with Crippen LogP contribution in [-0.4, -0.2) is 48.0 Å². The van der Waals surface area contributed by atoms with Gasteiger partial charge in [0.1, 0.15) is 5.65 Å². The van der Waals surface area contributed by atoms with Crippen LogP contribution in [0.15, 0.2) is 402 Å². The van der Waals surface area contributed by atoms with Crippen LogP contribution in [0, 0.1) is 0 Å². The minimum Gasteiger partial charge on any atom is -0.438 e. The van der Waals surface area contributed by atoms with Crippen molar-refractivity contribution in [2.45, 2.75) is 0 Å². The maximum atomic E-state index is 6.74. The van der Waals surface area contributed by atoms with Gasteiger partial charge in [0.25, 0.3) is 0 Å². The highest BCUT2D eigenvalue weighted by molar-refractivity contribution is 7.27. The zero-order chi connectivity index (χ0) is 82.6. The van der Waals surface area contributed by atoms with E-state index >= 15 is 0 Å². The van der Waals surface area contributed by atoms with Gasteiger partial charge in [0.05, 0.1) is 74.7 Å². The molecule has 14 aromatic carbocycles. The summed E-state index contributed by atoms with van der Waals surface area (Å²) in [6, 6.07) is 131. The molecule has 14 heterocycles. The van der Waals surface area contributed by atoms with Crippen molar-refractivity contribution in [3.63, 3.8) is 0 Å². The summed E-state index contributed by atoms with van der Waals surface area (Å²) in [4.78, 5) is 29.2. The number of hydrogen-bond donors (Lipinski definition) is 0. The Kier molecular flexibility index (Phi) is 16.3. The molecule has 0 N–H and O–H groups in total. The van der Waals surface area contributed by atoms with Crippen molar-refractivity contribution in [2.24, 2.45) is 0 Å². The Balaban J connectivity index is 0.000000101. The highest BCUT2D eigenvalue weighted by atomic mass is 32.1. The van der Waals surface area contributed by atoms with Crippen LogP contribution in [0.2, 0.25) is 0 Å². The normalized spacial score (nSPS) is 12.0. The second-order valence-electron chi connectivity index (χ2n) is 31.5. The van der Waals surface area contributed by atoms with E-state index < -0.39 is 0 Å². The predicted octanol–water partition coefficient (Wildman–Crippen LogP) is 30.3. The minimum atomic E-state index is 0.631. The van der Waals surface area contributed by atoms with Gasteiger partial charge in [0, 0.05) is 114 Å². The van der Waals surface area contributed by atoms with Crippen LogP contribution in [0.25, 0.3) is 250 Å². The molecule has 0 aliphatic rings. The third-order valence-electron chi connectivity index (χ3n) is 24.3. The first kappa shape index (κ1) is 71.5. The van der Waals surface area contributed by atoms with Crippen molar-refractivity contribution in [3.05, 3.63) is 389 Å². The molecule has 126 heavy (non-hydrogen) atoms. The van der Waals surface area contributed by atoms with Crippen molar-refractivity contribution >= 4 is 199 Å². The Morgan fingerprint density at radius 3 is 1.08 bits per heavy atom. The second-order valence-corrected chi connectivity index (χ2v) is 34.7. The molecule has 28 aromatic rings. The molecular formula is C110H64N10O3S3. The van der Waals surface area contributed by atoms with E-state index in [4.69, 9.17) is 38.2 Å². The second kappa shape index (κ2) is 28.7. The summed E-state index contributed by atoms with van der Waals surface area (Å²) in [5.74, 6) is 1.92. The molecule has 0 fully saturated rings. The number of imidazole rings is 1. The van der Waals surface area contributed by atoms with E-state index in [1.165, 1.54) is 55.9 Å². The SMILES string of the molecule is c1ccc(-c2nc(-c3ccccc3)nc(-c3ccc4c(c3)c3c5sc6ccccc6c5oc3n4-c3ccccc3)n2)cc1.c1ccc(-n2c3ccc(-c4ccc5c(c4)nc4c6ccccc6c6ccccc6n54)cc3c3c4sc5ccccc5c4oc32)cc1.c1ccc(-n2c3ccc(-c4cccc(-c5ccncc5)n4)cc3c3c4sc5ccccc5c4oc32)cc1. The van der Waals surface area contributed by atoms with E-state index in [-0.39, 0.29) is 0 Å². The number of thiophene rings is 3. The molecule has 0 amide bonds. The topological polar surface area (TPSA) is 136 Å². The van der Waals surface area contributed by atoms with E-state index in [1.54, 1.807) is 35.1 Å². The Hall–Kier alpha value is -16.2. The number of pyridine rings is 3. The lowest BCUT2D eigenvalue weighted by Gasteiger charge is -2.09. The van der Waals surface area contributed by atoms with Crippen molar-refractivity contribution in [3.8, 4) is 84.9 Å². The number of hydrogen-bond acceptors (Lipinski definition) is 12. The number of benzene rings is 14. The molecule has 0 saturated heterocycles. The van der Waals surface area contributed by atoms with Gasteiger partial charge in [-0.2, -0.15) is 0 Å². The van der Waals surface area contributed by atoms with E-state index in [9.17, 15) is 0 Å². The fraction of sp³-hybridized carbons (Fsp3) is 0. The van der Waals surface area contributed by atoms with Crippen LogP contribution < -0.4 is 0 Å². The summed E-state index contributed by atoms with van der Waals surface area (Å²) in [6.45, 7) is 0. The molecule has 0 radical (unpaired) electrons. The lowest BCUT2D eigenvalue weighted by Crippen LogP contribution is -2.00. The Bertz CT molecular complexity index is 9180. The average Bonchev–Trinajstić information content (AvgIpc) is 1.55. The summed E-state index contributed by atoms with van der Waals surface area (Å²) in [5, 5.41) is 14.0. The zero-order valence-corrected chi connectivity index (χ0v) is 69.3. The number of nitrogens with zero attached hydrogens (tertiary/aromatic N) is 10. The van der Waals surface area contributed by atoms with Crippen LogP contribution in [-0.2, 0) is 0 Å². The Morgan fingerprint density at radius 1 is 0.230 bits per heavy atom. The highest BCUT2D eigenvalue weighted by Crippen LogP contribution is 2.51. The van der Waals surface area contributed by atoms with Crippen molar-refractivity contribution in [2.75, 3.05) is 0 Å². The largest absolute Gasteiger partial charge is 0.438 e. The molecule has 0 unspecified atom stereocenters. The fourth-order valence-electron chi connectivity index (χ4n) is 18.6. The van der Waals surface area contributed by atoms with Crippen LogP contribution in [0.5, 0.6) is 0 Å². The van der Waals surface area contributed by atoms with Gasteiger partial charge in [0.2, 0.25) is 17.1 Å². The van der Waals surface area contributed by atoms with Gasteiger partial charge < -0.3 is 13.3 Å². The molecule has 0 saturated carbocycles. The lowest BCUT2D eigenvalue weighted by molar-refractivity contribution is 0.649. The average molecular weight is 1670 g/mol. The van der Waals surface area contributed by atoms with Gasteiger partial charge in [-0.3, -0.25) is 23.1 Å². The number of aromatic nitrogens is 10. The van der Waals surface area contributed by atoms with E-state index in [2.05, 4.69) is 308 Å². The first-order valence-corrected chi connectivity index (χ1v) is 44.2. The van der Waals surface area contributed by atoms with Gasteiger partial charge in [-0.05, 0) is 174 Å². The van der Waals surface area contributed by atoms with E-state index in [1.807, 2.05) is 102 Å². The predicted molar refractivity (Wildman–Crippen MR) is 521 cm³/mol. The molecule has 13 nitrogen and oxygen atoms in total. The molecule has 0 aliphatic carbocycles. The lowest BCUT2D eigenvalue weighted by atomic mass is 10.0. The van der Waals surface area contributed by atoms with Crippen LogP contribution >= 0.6 is 34.0 Å². The first-order chi connectivity index (χ1) is 62.5. The van der Waals surface area contributed by atoms with Crippen molar-refractivity contribution < 1.29 is 13.3 Å². The van der Waals surface area contributed by atoms with Crippen molar-refractivity contribution in [1.29, 1.82) is 0 Å². The molecule has 0 bridgehead atoms. The summed E-state index contributed by atoms with van der Waals surface area (Å²) < 4.78 is 36.4. The fourth-order valence-corrected chi connectivity index (χ4v) is 22.1. The zero-order valence-electron chi connectivity index (χ0n) is 66.9. The molecule has 0 spiro atoms. The van der Waals surface area contributed by atoms with Crippen LogP contribution in [0.1, 0.15) is 0 Å². The summed E-state index contributed by atoms with van der Waals surface area (Å²) >= 11 is 5.38. The summed E-state index contributed by atoms with van der Waals surface area (Å²) in [6.07, 6.45) is 3.60. The maximum absolute atomic E-state index is 6.74. The number of fused-ring (bicyclic) bond motifs is 29. The van der Waals surface area contributed by atoms with Gasteiger partial charge in [-0.15, -0.1) is 34.0 Å². The molecular weight excluding hydrogens is 1610 g/mol. The first-order valence-electron chi connectivity index (χ1n) is 41.8. The van der Waals surface area contributed by atoms with Crippen LogP contribution in [0.3, 0.4) is 0 Å². The monoisotopic (exact) mass is 1670 g/mol. The molecule has 16 heteroatoms. The minimum absolute atomic E-state index is 0.631. The number of furan rings is 3. The number of rotatable bonds is 9.